The normalized spacial score (nSPS) is 11.4. The van der Waals surface area contributed by atoms with Gasteiger partial charge in [0.2, 0.25) is 0 Å². The fraction of sp³-hybridized carbons (Fsp3) is 0. The second-order valence-corrected chi connectivity index (χ2v) is 14.9. The third-order valence-electron chi connectivity index (χ3n) is 11.2. The quantitative estimate of drug-likeness (QED) is 0.160. The minimum atomic E-state index is 0.676. The predicted molar refractivity (Wildman–Crippen MR) is 242 cm³/mol. The summed E-state index contributed by atoms with van der Waals surface area (Å²) >= 11 is 0. The highest BCUT2D eigenvalue weighted by molar-refractivity contribution is 6.08. The molecule has 2 heterocycles. The lowest BCUT2D eigenvalue weighted by atomic mass is 9.91. The summed E-state index contributed by atoms with van der Waals surface area (Å²) in [5.41, 5.74) is 13.6. The van der Waals surface area contributed by atoms with Crippen molar-refractivity contribution in [3.05, 3.63) is 212 Å². The molecule has 58 heavy (non-hydrogen) atoms. The van der Waals surface area contributed by atoms with Crippen molar-refractivity contribution in [1.29, 1.82) is 0 Å². The molecule has 2 aromatic heterocycles. The molecule has 0 aliphatic heterocycles. The van der Waals surface area contributed by atoms with Gasteiger partial charge in [0, 0.05) is 27.5 Å². The topological polar surface area (TPSA) is 38.7 Å². The summed E-state index contributed by atoms with van der Waals surface area (Å²) in [7, 11) is 0. The van der Waals surface area contributed by atoms with E-state index in [4.69, 9.17) is 15.0 Å². The van der Waals surface area contributed by atoms with E-state index in [1.54, 1.807) is 0 Å². The molecule has 0 radical (unpaired) electrons. The largest absolute Gasteiger partial charge is 0.245 e. The third kappa shape index (κ3) is 6.16. The lowest BCUT2D eigenvalue weighted by Gasteiger charge is -2.14. The van der Waals surface area contributed by atoms with Gasteiger partial charge in [-0.25, -0.2) is 15.0 Å². The van der Waals surface area contributed by atoms with E-state index >= 15 is 0 Å². The van der Waals surface area contributed by atoms with Crippen LogP contribution in [-0.4, -0.2) is 15.0 Å². The molecule has 0 saturated heterocycles. The highest BCUT2D eigenvalue weighted by atomic mass is 14.9. The molecular formula is C55H35N3. The average molecular weight is 738 g/mol. The van der Waals surface area contributed by atoms with Crippen LogP contribution < -0.4 is 0 Å². The number of nitrogens with zero attached hydrogens (tertiary/aromatic N) is 3. The van der Waals surface area contributed by atoms with Gasteiger partial charge in [-0.3, -0.25) is 0 Å². The molecule has 9 aromatic carbocycles. The van der Waals surface area contributed by atoms with Crippen LogP contribution in [0.1, 0.15) is 0 Å². The molecule has 0 unspecified atom stereocenters. The summed E-state index contributed by atoms with van der Waals surface area (Å²) in [5, 5.41) is 6.94. The van der Waals surface area contributed by atoms with Gasteiger partial charge in [0.25, 0.3) is 0 Å². The van der Waals surface area contributed by atoms with Crippen molar-refractivity contribution in [2.45, 2.75) is 0 Å². The maximum atomic E-state index is 5.25. The lowest BCUT2D eigenvalue weighted by molar-refractivity contribution is 1.23. The maximum absolute atomic E-state index is 5.25. The van der Waals surface area contributed by atoms with Crippen LogP contribution in [0.4, 0.5) is 0 Å². The summed E-state index contributed by atoms with van der Waals surface area (Å²) < 4.78 is 0. The Morgan fingerprint density at radius 2 is 0.724 bits per heavy atom. The first-order chi connectivity index (χ1) is 28.7. The molecule has 11 aromatic rings. The Hall–Kier alpha value is -7.75. The zero-order valence-corrected chi connectivity index (χ0v) is 31.5. The van der Waals surface area contributed by atoms with Crippen molar-refractivity contribution >= 4 is 43.4 Å². The minimum Gasteiger partial charge on any atom is -0.245 e. The highest BCUT2D eigenvalue weighted by Crippen LogP contribution is 2.38. The molecule has 0 amide bonds. The zero-order chi connectivity index (χ0) is 38.4. The summed E-state index contributed by atoms with van der Waals surface area (Å²) in [6.45, 7) is 0. The molecule has 0 fully saturated rings. The monoisotopic (exact) mass is 737 g/mol. The number of fused-ring (bicyclic) bond motifs is 5. The first-order valence-electron chi connectivity index (χ1n) is 19.7. The van der Waals surface area contributed by atoms with E-state index in [-0.39, 0.29) is 0 Å². The standard InChI is InChI=1S/C55H35N3/c1-3-13-39(14-4-1)51-30-28-41-27-29-50-52(57-55(42-15-5-2-6-16-42)58-54(50)53(41)56-51)40-23-19-38(20-24-40)47-33-48(45-25-21-36-11-7-9-17-43(36)31-45)35-49(34-47)46-26-22-37-12-8-10-18-44(37)32-46/h1-35H. The van der Waals surface area contributed by atoms with E-state index in [0.717, 1.165) is 61.0 Å². The van der Waals surface area contributed by atoms with Crippen molar-refractivity contribution in [1.82, 2.24) is 15.0 Å². The van der Waals surface area contributed by atoms with Crippen molar-refractivity contribution in [2.75, 3.05) is 0 Å². The first-order valence-corrected chi connectivity index (χ1v) is 19.7. The Morgan fingerprint density at radius 3 is 1.34 bits per heavy atom. The van der Waals surface area contributed by atoms with Gasteiger partial charge in [-0.15, -0.1) is 0 Å². The van der Waals surface area contributed by atoms with Gasteiger partial charge in [0.15, 0.2) is 5.82 Å². The molecule has 0 N–H and O–H groups in total. The SMILES string of the molecule is c1ccc(-c2ccc3ccc4c(-c5ccc(-c6cc(-c7ccc8ccccc8c7)cc(-c7ccc8ccccc8c7)c6)cc5)nc(-c5ccccc5)nc4c3n2)cc1. The van der Waals surface area contributed by atoms with Crippen molar-refractivity contribution < 1.29 is 0 Å². The van der Waals surface area contributed by atoms with Gasteiger partial charge in [0.05, 0.1) is 16.9 Å². The second-order valence-electron chi connectivity index (χ2n) is 14.9. The van der Waals surface area contributed by atoms with Crippen LogP contribution in [0, 0.1) is 0 Å². The summed E-state index contributed by atoms with van der Waals surface area (Å²) in [6, 6.07) is 75.5. The zero-order valence-electron chi connectivity index (χ0n) is 31.5. The maximum Gasteiger partial charge on any atom is 0.160 e. The van der Waals surface area contributed by atoms with Gasteiger partial charge >= 0.3 is 0 Å². The second kappa shape index (κ2) is 14.1. The van der Waals surface area contributed by atoms with Crippen LogP contribution >= 0.6 is 0 Å². The van der Waals surface area contributed by atoms with E-state index in [0.29, 0.717) is 5.82 Å². The molecule has 0 aliphatic rings. The third-order valence-corrected chi connectivity index (χ3v) is 11.2. The molecular weight excluding hydrogens is 703 g/mol. The van der Waals surface area contributed by atoms with Gasteiger partial charge in [-0.1, -0.05) is 170 Å². The molecule has 0 aliphatic carbocycles. The minimum absolute atomic E-state index is 0.676. The molecule has 0 saturated carbocycles. The Labute approximate surface area is 336 Å². The lowest BCUT2D eigenvalue weighted by Crippen LogP contribution is -1.97. The van der Waals surface area contributed by atoms with Crippen molar-refractivity contribution in [3.8, 4) is 67.3 Å². The Bertz CT molecular complexity index is 3220. The molecule has 0 spiro atoms. The van der Waals surface area contributed by atoms with E-state index in [2.05, 4.69) is 176 Å². The highest BCUT2D eigenvalue weighted by Gasteiger charge is 2.16. The molecule has 270 valence electrons. The molecule has 11 rings (SSSR count). The van der Waals surface area contributed by atoms with Gasteiger partial charge in [-0.05, 0) is 97.4 Å². The summed E-state index contributed by atoms with van der Waals surface area (Å²) in [4.78, 5) is 15.7. The summed E-state index contributed by atoms with van der Waals surface area (Å²) in [6.07, 6.45) is 0. The van der Waals surface area contributed by atoms with Crippen LogP contribution in [0.3, 0.4) is 0 Å². The van der Waals surface area contributed by atoms with Gasteiger partial charge < -0.3 is 0 Å². The van der Waals surface area contributed by atoms with Gasteiger partial charge in [-0.2, -0.15) is 0 Å². The van der Waals surface area contributed by atoms with E-state index in [9.17, 15) is 0 Å². The number of aromatic nitrogens is 3. The molecule has 0 bridgehead atoms. The Kier molecular flexibility index (Phi) is 8.15. The number of rotatable bonds is 6. The average Bonchev–Trinajstić information content (AvgIpc) is 3.31. The van der Waals surface area contributed by atoms with Crippen LogP contribution in [0.5, 0.6) is 0 Å². The smallest absolute Gasteiger partial charge is 0.160 e. The van der Waals surface area contributed by atoms with Crippen LogP contribution in [0.25, 0.3) is 111 Å². The van der Waals surface area contributed by atoms with E-state index in [1.807, 2.05) is 36.4 Å². The number of pyridine rings is 1. The van der Waals surface area contributed by atoms with E-state index < -0.39 is 0 Å². The number of benzene rings is 9. The Morgan fingerprint density at radius 1 is 0.241 bits per heavy atom. The predicted octanol–water partition coefficient (Wildman–Crippen LogP) is 14.5. The first kappa shape index (κ1) is 33.6. The van der Waals surface area contributed by atoms with Crippen molar-refractivity contribution in [2.24, 2.45) is 0 Å². The fourth-order valence-corrected chi connectivity index (χ4v) is 8.17. The number of hydrogen-bond donors (Lipinski definition) is 0. The number of hydrogen-bond acceptors (Lipinski definition) is 3. The molecule has 0 atom stereocenters. The van der Waals surface area contributed by atoms with E-state index in [1.165, 1.54) is 43.8 Å². The van der Waals surface area contributed by atoms with Crippen LogP contribution in [-0.2, 0) is 0 Å². The van der Waals surface area contributed by atoms with Gasteiger partial charge in [0.1, 0.15) is 5.52 Å². The summed E-state index contributed by atoms with van der Waals surface area (Å²) in [5.74, 6) is 0.676. The Balaban J connectivity index is 1.06. The van der Waals surface area contributed by atoms with Crippen LogP contribution in [0.15, 0.2) is 212 Å². The fourth-order valence-electron chi connectivity index (χ4n) is 8.17. The molecule has 3 heteroatoms. The van der Waals surface area contributed by atoms with Crippen LogP contribution in [0.2, 0.25) is 0 Å². The molecule has 3 nitrogen and oxygen atoms in total. The van der Waals surface area contributed by atoms with Crippen molar-refractivity contribution in [3.63, 3.8) is 0 Å².